The van der Waals surface area contributed by atoms with Crippen molar-refractivity contribution in [3.63, 3.8) is 0 Å². The Kier molecular flexibility index (Phi) is 3.83. The van der Waals surface area contributed by atoms with Gasteiger partial charge in [0.2, 0.25) is 0 Å². The fourth-order valence-corrected chi connectivity index (χ4v) is 1.43. The van der Waals surface area contributed by atoms with Gasteiger partial charge in [0.15, 0.2) is 0 Å². The Morgan fingerprint density at radius 1 is 1.39 bits per heavy atom. The molecule has 0 radical (unpaired) electrons. The van der Waals surface area contributed by atoms with Crippen molar-refractivity contribution in [3.05, 3.63) is 23.9 Å². The minimum Gasteiger partial charge on any atom is -0.481 e. The smallest absolute Gasteiger partial charge is 0.433 e. The number of nitrogens with one attached hydrogen (secondary N) is 1. The molecular formula is C11H13F3N2O2. The number of aromatic nitrogens is 1. The molecule has 0 bridgehead atoms. The van der Waals surface area contributed by atoms with E-state index < -0.39 is 23.4 Å². The summed E-state index contributed by atoms with van der Waals surface area (Å²) in [5.41, 5.74) is -1.90. The molecule has 0 saturated heterocycles. The number of anilines is 1. The molecule has 0 aliphatic rings. The molecule has 1 heterocycles. The van der Waals surface area contributed by atoms with Crippen molar-refractivity contribution in [3.8, 4) is 0 Å². The molecule has 1 aromatic rings. The number of alkyl halides is 3. The molecule has 0 unspecified atom stereocenters. The van der Waals surface area contributed by atoms with Gasteiger partial charge in [0.05, 0.1) is 6.42 Å². The third-order valence-electron chi connectivity index (χ3n) is 2.10. The Morgan fingerprint density at radius 3 is 2.50 bits per heavy atom. The van der Waals surface area contributed by atoms with E-state index in [-0.39, 0.29) is 12.2 Å². The lowest BCUT2D eigenvalue weighted by atomic mass is 10.0. The lowest BCUT2D eigenvalue weighted by Gasteiger charge is -2.25. The molecule has 0 aliphatic carbocycles. The highest BCUT2D eigenvalue weighted by molar-refractivity contribution is 5.69. The van der Waals surface area contributed by atoms with Crippen LogP contribution in [0.15, 0.2) is 18.2 Å². The van der Waals surface area contributed by atoms with Crippen molar-refractivity contribution in [2.24, 2.45) is 0 Å². The van der Waals surface area contributed by atoms with Crippen LogP contribution in [-0.4, -0.2) is 21.6 Å². The number of pyridine rings is 1. The maximum absolute atomic E-state index is 12.4. The predicted octanol–water partition coefficient (Wildman–Crippen LogP) is 2.77. The topological polar surface area (TPSA) is 62.2 Å². The van der Waals surface area contributed by atoms with Crippen molar-refractivity contribution in [2.75, 3.05) is 5.32 Å². The summed E-state index contributed by atoms with van der Waals surface area (Å²) in [5.74, 6) is -1.05. The highest BCUT2D eigenvalue weighted by atomic mass is 19.4. The number of hydrogen-bond donors (Lipinski definition) is 2. The van der Waals surface area contributed by atoms with Gasteiger partial charge in [0, 0.05) is 5.54 Å². The molecular weight excluding hydrogens is 249 g/mol. The number of carboxylic acid groups (broad SMARTS) is 1. The van der Waals surface area contributed by atoms with Crippen molar-refractivity contribution < 1.29 is 23.1 Å². The van der Waals surface area contributed by atoms with E-state index in [2.05, 4.69) is 10.3 Å². The summed E-state index contributed by atoms with van der Waals surface area (Å²) >= 11 is 0. The van der Waals surface area contributed by atoms with Gasteiger partial charge in [0.1, 0.15) is 11.5 Å². The van der Waals surface area contributed by atoms with Crippen LogP contribution in [-0.2, 0) is 11.0 Å². The second kappa shape index (κ2) is 4.83. The van der Waals surface area contributed by atoms with Gasteiger partial charge in [-0.25, -0.2) is 4.98 Å². The molecule has 4 nitrogen and oxygen atoms in total. The first-order valence-electron chi connectivity index (χ1n) is 5.14. The van der Waals surface area contributed by atoms with Crippen molar-refractivity contribution in [1.29, 1.82) is 0 Å². The minimum absolute atomic E-state index is 0.00363. The Hall–Kier alpha value is -1.79. The standard InChI is InChI=1S/C11H13F3N2O2/c1-10(2,6-9(17)18)16-8-5-3-4-7(15-8)11(12,13)14/h3-5H,6H2,1-2H3,(H,15,16)(H,17,18). The number of carbonyl (C=O) groups is 1. The summed E-state index contributed by atoms with van der Waals surface area (Å²) < 4.78 is 37.3. The molecule has 0 aromatic carbocycles. The maximum atomic E-state index is 12.4. The van der Waals surface area contributed by atoms with Crippen LogP contribution < -0.4 is 5.32 Å². The Morgan fingerprint density at radius 2 is 2.00 bits per heavy atom. The van der Waals surface area contributed by atoms with Crippen molar-refractivity contribution >= 4 is 11.8 Å². The number of aliphatic carboxylic acids is 1. The first-order chi connectivity index (χ1) is 8.10. The summed E-state index contributed by atoms with van der Waals surface area (Å²) in [6.07, 6.45) is -4.75. The quantitative estimate of drug-likeness (QED) is 0.875. The van der Waals surface area contributed by atoms with E-state index in [1.165, 1.54) is 12.1 Å². The van der Waals surface area contributed by atoms with Gasteiger partial charge in [-0.1, -0.05) is 6.07 Å². The summed E-state index contributed by atoms with van der Waals surface area (Å²) in [4.78, 5) is 14.0. The van der Waals surface area contributed by atoms with Crippen LogP contribution in [0.4, 0.5) is 19.0 Å². The van der Waals surface area contributed by atoms with E-state index in [0.29, 0.717) is 0 Å². The summed E-state index contributed by atoms with van der Waals surface area (Å²) in [7, 11) is 0. The monoisotopic (exact) mass is 262 g/mol. The Bertz CT molecular complexity index is 444. The van der Waals surface area contributed by atoms with E-state index in [9.17, 15) is 18.0 Å². The Labute approximate surface area is 102 Å². The average molecular weight is 262 g/mol. The first kappa shape index (κ1) is 14.3. The molecule has 7 heteroatoms. The van der Waals surface area contributed by atoms with E-state index in [0.717, 1.165) is 6.07 Å². The molecule has 0 aliphatic heterocycles. The van der Waals surface area contributed by atoms with Crippen LogP contribution in [0.25, 0.3) is 0 Å². The van der Waals surface area contributed by atoms with E-state index in [1.54, 1.807) is 13.8 Å². The number of nitrogens with zero attached hydrogens (tertiary/aromatic N) is 1. The predicted molar refractivity (Wildman–Crippen MR) is 59.2 cm³/mol. The third kappa shape index (κ3) is 4.23. The third-order valence-corrected chi connectivity index (χ3v) is 2.10. The molecule has 0 spiro atoms. The van der Waals surface area contributed by atoms with Crippen LogP contribution >= 0.6 is 0 Å². The van der Waals surface area contributed by atoms with Gasteiger partial charge in [-0.3, -0.25) is 4.79 Å². The van der Waals surface area contributed by atoms with Crippen LogP contribution in [0.1, 0.15) is 26.0 Å². The zero-order chi connectivity index (χ0) is 14.0. The molecule has 0 atom stereocenters. The van der Waals surface area contributed by atoms with Gasteiger partial charge in [-0.15, -0.1) is 0 Å². The fraction of sp³-hybridized carbons (Fsp3) is 0.455. The van der Waals surface area contributed by atoms with Gasteiger partial charge in [-0.2, -0.15) is 13.2 Å². The van der Waals surface area contributed by atoms with Crippen LogP contribution in [0.3, 0.4) is 0 Å². The lowest BCUT2D eigenvalue weighted by Crippen LogP contribution is -2.34. The van der Waals surface area contributed by atoms with Gasteiger partial charge in [-0.05, 0) is 26.0 Å². The fourth-order valence-electron chi connectivity index (χ4n) is 1.43. The highest BCUT2D eigenvalue weighted by Crippen LogP contribution is 2.28. The number of carboxylic acids is 1. The SMILES string of the molecule is CC(C)(CC(=O)O)Nc1cccc(C(F)(F)F)n1. The van der Waals surface area contributed by atoms with Gasteiger partial charge in [0.25, 0.3) is 0 Å². The van der Waals surface area contributed by atoms with Gasteiger partial charge >= 0.3 is 12.1 Å². The normalized spacial score (nSPS) is 12.3. The van der Waals surface area contributed by atoms with E-state index >= 15 is 0 Å². The van der Waals surface area contributed by atoms with Gasteiger partial charge < -0.3 is 10.4 Å². The molecule has 0 fully saturated rings. The number of halogens is 3. The van der Waals surface area contributed by atoms with Crippen LogP contribution in [0.2, 0.25) is 0 Å². The van der Waals surface area contributed by atoms with E-state index in [1.807, 2.05) is 0 Å². The molecule has 1 aromatic heterocycles. The second-order valence-electron chi connectivity index (χ2n) is 4.49. The molecule has 18 heavy (non-hydrogen) atoms. The number of hydrogen-bond acceptors (Lipinski definition) is 3. The molecule has 1 rings (SSSR count). The summed E-state index contributed by atoms with van der Waals surface area (Å²) in [6.45, 7) is 3.14. The number of rotatable bonds is 4. The van der Waals surface area contributed by atoms with Crippen molar-refractivity contribution in [2.45, 2.75) is 32.0 Å². The first-order valence-corrected chi connectivity index (χ1v) is 5.14. The molecule has 0 amide bonds. The van der Waals surface area contributed by atoms with Crippen LogP contribution in [0.5, 0.6) is 0 Å². The maximum Gasteiger partial charge on any atom is 0.433 e. The summed E-state index contributed by atoms with van der Waals surface area (Å²) in [5, 5.41) is 11.3. The summed E-state index contributed by atoms with van der Waals surface area (Å²) in [6, 6.07) is 3.43. The zero-order valence-electron chi connectivity index (χ0n) is 9.88. The average Bonchev–Trinajstić information content (AvgIpc) is 2.13. The largest absolute Gasteiger partial charge is 0.481 e. The van der Waals surface area contributed by atoms with Crippen LogP contribution in [0, 0.1) is 0 Å². The van der Waals surface area contributed by atoms with Crippen molar-refractivity contribution in [1.82, 2.24) is 4.98 Å². The molecule has 100 valence electrons. The highest BCUT2D eigenvalue weighted by Gasteiger charge is 2.33. The molecule has 2 N–H and O–H groups in total. The Balaban J connectivity index is 2.89. The minimum atomic E-state index is -4.52. The molecule has 0 saturated carbocycles. The van der Waals surface area contributed by atoms with E-state index in [4.69, 9.17) is 5.11 Å². The zero-order valence-corrected chi connectivity index (χ0v) is 9.88. The lowest BCUT2D eigenvalue weighted by molar-refractivity contribution is -0.141. The second-order valence-corrected chi connectivity index (χ2v) is 4.49.